The molecule has 1 rings (SSSR count). The Kier molecular flexibility index (Phi) is 4.62. The molecular formula is C8H13O2PS. The van der Waals surface area contributed by atoms with Crippen molar-refractivity contribution in [2.45, 2.75) is 6.42 Å². The van der Waals surface area contributed by atoms with Crippen LogP contribution in [0.2, 0.25) is 0 Å². The summed E-state index contributed by atoms with van der Waals surface area (Å²) >= 11 is 0. The van der Waals surface area contributed by atoms with Gasteiger partial charge in [0.2, 0.25) is 0 Å². The number of hydrogen-bond acceptors (Lipinski definition) is 0. The summed E-state index contributed by atoms with van der Waals surface area (Å²) in [6, 6.07) is 10.1. The zero-order chi connectivity index (χ0) is 8.81. The van der Waals surface area contributed by atoms with E-state index in [9.17, 15) is 0 Å². The summed E-state index contributed by atoms with van der Waals surface area (Å²) in [5.74, 6) is 0.839. The van der Waals surface area contributed by atoms with Crippen LogP contribution in [0.1, 0.15) is 5.56 Å². The van der Waals surface area contributed by atoms with Gasteiger partial charge in [-0.2, -0.15) is 10.9 Å². The predicted octanol–water partition coefficient (Wildman–Crippen LogP) is 0.988. The van der Waals surface area contributed by atoms with E-state index in [0.29, 0.717) is 0 Å². The second-order valence-corrected chi connectivity index (χ2v) is 5.93. The first kappa shape index (κ1) is 10.0. The van der Waals surface area contributed by atoms with Gasteiger partial charge in [0.1, 0.15) is 7.15 Å². The summed E-state index contributed by atoms with van der Waals surface area (Å²) in [6.07, 6.45) is 0.928. The Morgan fingerprint density at radius 2 is 1.83 bits per heavy atom. The van der Waals surface area contributed by atoms with Crippen LogP contribution >= 0.6 is 7.15 Å². The van der Waals surface area contributed by atoms with Gasteiger partial charge in [0.25, 0.3) is 0 Å². The van der Waals surface area contributed by atoms with E-state index in [2.05, 4.69) is 12.1 Å². The highest BCUT2D eigenvalue weighted by atomic mass is 32.5. The van der Waals surface area contributed by atoms with E-state index in [-0.39, 0.29) is 0 Å². The molecule has 0 aliphatic rings. The Balaban J connectivity index is 2.39. The van der Waals surface area contributed by atoms with E-state index >= 15 is 0 Å². The smallest absolute Gasteiger partial charge is 0.128 e. The van der Waals surface area contributed by atoms with Crippen LogP contribution in [0.15, 0.2) is 30.3 Å². The lowest BCUT2D eigenvalue weighted by molar-refractivity contribution is 0.509. The van der Waals surface area contributed by atoms with E-state index in [1.165, 1.54) is 5.56 Å². The van der Waals surface area contributed by atoms with E-state index in [1.54, 1.807) is 0 Å². The van der Waals surface area contributed by atoms with Gasteiger partial charge in [-0.25, -0.2) is 0 Å². The van der Waals surface area contributed by atoms with Crippen molar-refractivity contribution in [1.29, 1.82) is 0 Å². The fourth-order valence-corrected chi connectivity index (χ4v) is 2.44. The van der Waals surface area contributed by atoms with Crippen LogP contribution in [0.4, 0.5) is 0 Å². The van der Waals surface area contributed by atoms with Crippen molar-refractivity contribution in [2.24, 2.45) is 0 Å². The molecular weight excluding hydrogens is 191 g/mol. The molecule has 1 aromatic carbocycles. The van der Waals surface area contributed by atoms with Crippen LogP contribution < -0.4 is 0 Å². The minimum absolute atomic E-state index is 0.783. The number of thiol groups is 1. The van der Waals surface area contributed by atoms with Gasteiger partial charge in [0.05, 0.1) is 0 Å². The molecule has 0 radical (unpaired) electrons. The fraction of sp³-hybridized carbons (Fsp3) is 0.250. The van der Waals surface area contributed by atoms with Gasteiger partial charge >= 0.3 is 0 Å². The van der Waals surface area contributed by atoms with E-state index in [0.717, 1.165) is 23.1 Å². The molecule has 0 spiro atoms. The summed E-state index contributed by atoms with van der Waals surface area (Å²) in [4.78, 5) is 17.4. The topological polar surface area (TPSA) is 40.5 Å². The predicted molar refractivity (Wildman–Crippen MR) is 56.5 cm³/mol. The van der Waals surface area contributed by atoms with Gasteiger partial charge < -0.3 is 9.79 Å². The third kappa shape index (κ3) is 4.07. The number of aryl methyl sites for hydroxylation is 1. The maximum absolute atomic E-state index is 8.68. The summed E-state index contributed by atoms with van der Waals surface area (Å²) in [5.41, 5.74) is 1.26. The minimum atomic E-state index is -2.03. The Morgan fingerprint density at radius 3 is 2.42 bits per heavy atom. The molecule has 2 N–H and O–H groups in total. The van der Waals surface area contributed by atoms with Crippen LogP contribution in [0.5, 0.6) is 0 Å². The van der Waals surface area contributed by atoms with Crippen molar-refractivity contribution in [3.05, 3.63) is 35.9 Å². The molecule has 0 atom stereocenters. The van der Waals surface area contributed by atoms with Gasteiger partial charge in [-0.3, -0.25) is 0 Å². The Hall–Kier alpha value is -0.0800. The first-order valence-electron chi connectivity index (χ1n) is 3.75. The van der Waals surface area contributed by atoms with Crippen molar-refractivity contribution < 1.29 is 9.79 Å². The van der Waals surface area contributed by atoms with Crippen molar-refractivity contribution in [3.8, 4) is 0 Å². The average Bonchev–Trinajstić information content (AvgIpc) is 2.05. The van der Waals surface area contributed by atoms with Crippen LogP contribution in [0.25, 0.3) is 0 Å². The average molecular weight is 204 g/mol. The van der Waals surface area contributed by atoms with Crippen LogP contribution in [-0.4, -0.2) is 15.5 Å². The third-order valence-electron chi connectivity index (χ3n) is 1.50. The molecule has 0 saturated carbocycles. The normalized spacial score (nSPS) is 10.6. The van der Waals surface area contributed by atoms with Crippen LogP contribution in [0, 0.1) is 0 Å². The quantitative estimate of drug-likeness (QED) is 0.507. The number of hydrogen-bond donors (Lipinski definition) is 3. The molecule has 0 aliphatic carbocycles. The molecule has 4 heteroatoms. The molecule has 0 aliphatic heterocycles. The van der Waals surface area contributed by atoms with Crippen molar-refractivity contribution in [3.63, 3.8) is 0 Å². The summed E-state index contributed by atoms with van der Waals surface area (Å²) in [7, 11) is -1.25. The lowest BCUT2D eigenvalue weighted by Crippen LogP contribution is -1.88. The maximum atomic E-state index is 8.68. The van der Waals surface area contributed by atoms with Gasteiger partial charge in [-0.15, -0.1) is 0 Å². The second-order valence-electron chi connectivity index (χ2n) is 2.42. The van der Waals surface area contributed by atoms with Crippen LogP contribution in [-0.2, 0) is 17.4 Å². The highest BCUT2D eigenvalue weighted by Crippen LogP contribution is 2.08. The van der Waals surface area contributed by atoms with Crippen molar-refractivity contribution in [2.75, 3.05) is 5.75 Å². The molecule has 0 aromatic heterocycles. The molecule has 0 fully saturated rings. The van der Waals surface area contributed by atoms with Crippen molar-refractivity contribution >= 4 is 18.1 Å². The zero-order valence-electron chi connectivity index (χ0n) is 6.64. The summed E-state index contributed by atoms with van der Waals surface area (Å²) < 4.78 is 0. The molecule has 0 saturated heterocycles. The molecule has 0 unspecified atom stereocenters. The standard InChI is InChI=1S/C8H13O2PS/c9-11(10)12-7-6-8-4-2-1-3-5-8/h1-5,9-12H,6-7H2. The molecule has 1 aromatic rings. The molecule has 68 valence electrons. The molecule has 2 nitrogen and oxygen atoms in total. The molecule has 0 bridgehead atoms. The van der Waals surface area contributed by atoms with E-state index in [4.69, 9.17) is 9.79 Å². The Morgan fingerprint density at radius 1 is 1.17 bits per heavy atom. The first-order valence-corrected chi connectivity index (χ1v) is 7.07. The Bertz CT molecular complexity index is 257. The van der Waals surface area contributed by atoms with Gasteiger partial charge in [0, 0.05) is 0 Å². The van der Waals surface area contributed by atoms with E-state index in [1.807, 2.05) is 18.2 Å². The van der Waals surface area contributed by atoms with Gasteiger partial charge in [0.15, 0.2) is 0 Å². The summed E-state index contributed by atoms with van der Waals surface area (Å²) in [6.45, 7) is 0. The largest absolute Gasteiger partial charge is 0.351 e. The first-order chi connectivity index (χ1) is 5.79. The molecule has 0 amide bonds. The number of benzene rings is 1. The second kappa shape index (κ2) is 5.55. The lowest BCUT2D eigenvalue weighted by Gasteiger charge is -1.96. The number of rotatable bonds is 3. The highest BCUT2D eigenvalue weighted by Gasteiger charge is 1.88. The van der Waals surface area contributed by atoms with E-state index < -0.39 is 7.15 Å². The Labute approximate surface area is 76.4 Å². The summed E-state index contributed by atoms with van der Waals surface area (Å²) in [5, 5.41) is 0. The van der Waals surface area contributed by atoms with Gasteiger partial charge in [-0.05, 0) is 17.7 Å². The SMILES string of the molecule is O[PH](O)=[SH]CCc1ccccc1. The zero-order valence-corrected chi connectivity index (χ0v) is 8.54. The van der Waals surface area contributed by atoms with Crippen LogP contribution in [0.3, 0.4) is 0 Å². The minimum Gasteiger partial charge on any atom is -0.351 e. The third-order valence-corrected chi connectivity index (χ3v) is 3.75. The molecule has 0 heterocycles. The van der Waals surface area contributed by atoms with Gasteiger partial charge in [-0.1, -0.05) is 30.3 Å². The maximum Gasteiger partial charge on any atom is 0.128 e. The lowest BCUT2D eigenvalue weighted by atomic mass is 10.2. The monoisotopic (exact) mass is 204 g/mol. The van der Waals surface area contributed by atoms with Crippen molar-refractivity contribution in [1.82, 2.24) is 0 Å². The highest BCUT2D eigenvalue weighted by molar-refractivity contribution is 8.11. The fourth-order valence-electron chi connectivity index (χ4n) is 0.930. The molecule has 12 heavy (non-hydrogen) atoms.